The Bertz CT molecular complexity index is 600. The number of para-hydroxylation sites is 1. The molecule has 1 aliphatic rings. The van der Waals surface area contributed by atoms with Crippen LogP contribution < -0.4 is 11.1 Å². The molecule has 0 spiro atoms. The fourth-order valence-corrected chi connectivity index (χ4v) is 2.22. The van der Waals surface area contributed by atoms with Gasteiger partial charge in [0.1, 0.15) is 6.04 Å². The molecule has 0 saturated carbocycles. The van der Waals surface area contributed by atoms with Gasteiger partial charge in [0.15, 0.2) is 0 Å². The first-order chi connectivity index (χ1) is 9.95. The number of nitrogen functional groups attached to an aromatic ring is 1. The molecule has 2 rings (SSSR count). The first-order valence-corrected chi connectivity index (χ1v) is 6.49. The molecule has 1 saturated heterocycles. The Balaban J connectivity index is 2.22. The molecule has 2 amide bonds. The minimum Gasteiger partial charge on any atom is -0.465 e. The number of hydrogen-bond acceptors (Lipinski definition) is 6. The van der Waals surface area contributed by atoms with Crippen molar-refractivity contribution in [3.63, 3.8) is 0 Å². The van der Waals surface area contributed by atoms with E-state index >= 15 is 0 Å². The summed E-state index contributed by atoms with van der Waals surface area (Å²) in [6.45, 7) is 0. The maximum Gasteiger partial charge on any atom is 0.340 e. The minimum atomic E-state index is -0.543. The van der Waals surface area contributed by atoms with Crippen LogP contribution in [-0.2, 0) is 14.3 Å². The predicted molar refractivity (Wildman–Crippen MR) is 76.6 cm³/mol. The Morgan fingerprint density at radius 3 is 2.81 bits per heavy atom. The number of hydrogen-bond donors (Lipinski definition) is 2. The number of nitrogens with one attached hydrogen (secondary N) is 1. The van der Waals surface area contributed by atoms with Crippen LogP contribution in [0.1, 0.15) is 23.2 Å². The number of likely N-dealkylation sites (N-methyl/N-ethyl adjacent to an activating group) is 1. The number of benzene rings is 1. The number of esters is 1. The first-order valence-electron chi connectivity index (χ1n) is 6.49. The van der Waals surface area contributed by atoms with Crippen molar-refractivity contribution in [1.82, 2.24) is 4.90 Å². The molecule has 0 aliphatic carbocycles. The maximum absolute atomic E-state index is 12.0. The second kappa shape index (κ2) is 5.82. The van der Waals surface area contributed by atoms with Crippen LogP contribution in [0.5, 0.6) is 0 Å². The van der Waals surface area contributed by atoms with E-state index in [2.05, 4.69) is 10.1 Å². The Hall–Kier alpha value is -2.57. The Morgan fingerprint density at radius 1 is 1.43 bits per heavy atom. The second-order valence-electron chi connectivity index (χ2n) is 4.78. The van der Waals surface area contributed by atoms with Gasteiger partial charge in [-0.15, -0.1) is 0 Å². The summed E-state index contributed by atoms with van der Waals surface area (Å²) < 4.78 is 4.65. The van der Waals surface area contributed by atoms with Crippen LogP contribution in [0.4, 0.5) is 11.4 Å². The number of methoxy groups -OCH3 is 1. The molecule has 1 unspecified atom stereocenters. The molecule has 7 heteroatoms. The van der Waals surface area contributed by atoms with Gasteiger partial charge in [0.2, 0.25) is 5.91 Å². The smallest absolute Gasteiger partial charge is 0.340 e. The van der Waals surface area contributed by atoms with Gasteiger partial charge in [-0.3, -0.25) is 14.5 Å². The zero-order valence-electron chi connectivity index (χ0n) is 11.9. The summed E-state index contributed by atoms with van der Waals surface area (Å²) in [4.78, 5) is 36.2. The molecular weight excluding hydrogens is 274 g/mol. The molecule has 1 aromatic carbocycles. The number of amides is 2. The molecule has 1 aliphatic heterocycles. The average molecular weight is 291 g/mol. The van der Waals surface area contributed by atoms with Crippen LogP contribution in [0.15, 0.2) is 18.2 Å². The van der Waals surface area contributed by atoms with Crippen LogP contribution in [0, 0.1) is 0 Å². The number of rotatable bonds is 3. The molecule has 112 valence electrons. The Kier molecular flexibility index (Phi) is 4.11. The van der Waals surface area contributed by atoms with Crippen molar-refractivity contribution in [1.29, 1.82) is 0 Å². The van der Waals surface area contributed by atoms with Crippen molar-refractivity contribution in [3.8, 4) is 0 Å². The second-order valence-corrected chi connectivity index (χ2v) is 4.78. The number of nitrogens with zero attached hydrogens (tertiary/aromatic N) is 1. The largest absolute Gasteiger partial charge is 0.465 e. The molecule has 1 heterocycles. The highest BCUT2D eigenvalue weighted by atomic mass is 16.5. The van der Waals surface area contributed by atoms with Gasteiger partial charge in [0, 0.05) is 13.5 Å². The number of anilines is 2. The fourth-order valence-electron chi connectivity index (χ4n) is 2.22. The molecule has 0 bridgehead atoms. The zero-order valence-corrected chi connectivity index (χ0v) is 11.9. The molecule has 3 N–H and O–H groups in total. The van der Waals surface area contributed by atoms with Crippen LogP contribution in [0.2, 0.25) is 0 Å². The summed E-state index contributed by atoms with van der Waals surface area (Å²) in [5.74, 6) is -1.05. The van der Waals surface area contributed by atoms with Gasteiger partial charge in [0.25, 0.3) is 5.91 Å². The van der Waals surface area contributed by atoms with Crippen molar-refractivity contribution in [2.75, 3.05) is 25.2 Å². The molecule has 0 aromatic heterocycles. The highest BCUT2D eigenvalue weighted by Gasteiger charge is 2.32. The number of ether oxygens (including phenoxy) is 1. The highest BCUT2D eigenvalue weighted by molar-refractivity contribution is 6.02. The van der Waals surface area contributed by atoms with E-state index in [0.717, 1.165) is 4.90 Å². The van der Waals surface area contributed by atoms with E-state index in [4.69, 9.17) is 5.73 Å². The number of carbonyl (C=O) groups is 3. The fraction of sp³-hybridized carbons (Fsp3) is 0.357. The average Bonchev–Trinajstić information content (AvgIpc) is 2.49. The van der Waals surface area contributed by atoms with Crippen molar-refractivity contribution in [2.45, 2.75) is 18.9 Å². The van der Waals surface area contributed by atoms with Crippen molar-refractivity contribution in [3.05, 3.63) is 23.8 Å². The van der Waals surface area contributed by atoms with Crippen LogP contribution in [-0.4, -0.2) is 42.9 Å². The number of nitrogens with two attached hydrogens (primary N) is 1. The molecule has 1 fully saturated rings. The molecule has 7 nitrogen and oxygen atoms in total. The topological polar surface area (TPSA) is 102 Å². The van der Waals surface area contributed by atoms with Gasteiger partial charge in [-0.05, 0) is 18.6 Å². The lowest BCUT2D eigenvalue weighted by Crippen LogP contribution is -2.48. The summed E-state index contributed by atoms with van der Waals surface area (Å²) in [6, 6.07) is 4.33. The number of carbonyl (C=O) groups excluding carboxylic acids is 3. The third kappa shape index (κ3) is 2.81. The zero-order chi connectivity index (χ0) is 15.6. The summed E-state index contributed by atoms with van der Waals surface area (Å²) in [5, 5.41) is 2.99. The Morgan fingerprint density at radius 2 is 2.14 bits per heavy atom. The summed E-state index contributed by atoms with van der Waals surface area (Å²) in [7, 11) is 2.72. The monoisotopic (exact) mass is 291 g/mol. The quantitative estimate of drug-likeness (QED) is 0.481. The maximum atomic E-state index is 12.0. The Labute approximate surface area is 122 Å². The van der Waals surface area contributed by atoms with E-state index in [-0.39, 0.29) is 29.5 Å². The normalized spacial score (nSPS) is 18.6. The lowest BCUT2D eigenvalue weighted by atomic mass is 10.0. The third-order valence-electron chi connectivity index (χ3n) is 3.49. The van der Waals surface area contributed by atoms with Gasteiger partial charge in [-0.25, -0.2) is 4.79 Å². The van der Waals surface area contributed by atoms with E-state index < -0.39 is 12.0 Å². The van der Waals surface area contributed by atoms with Crippen LogP contribution in [0.3, 0.4) is 0 Å². The summed E-state index contributed by atoms with van der Waals surface area (Å²) in [6.07, 6.45) is 0.681. The van der Waals surface area contributed by atoms with E-state index in [1.54, 1.807) is 18.2 Å². The van der Waals surface area contributed by atoms with Gasteiger partial charge in [-0.2, -0.15) is 0 Å². The number of likely N-dealkylation sites (tertiary alicyclic amines) is 1. The highest BCUT2D eigenvalue weighted by Crippen LogP contribution is 2.26. The van der Waals surface area contributed by atoms with E-state index in [9.17, 15) is 14.4 Å². The molecule has 0 radical (unpaired) electrons. The SMILES string of the molecule is COC(=O)c1cccc(NC2CCC(=O)N(C)C2=O)c1N. The molecule has 1 aromatic rings. The summed E-state index contributed by atoms with van der Waals surface area (Å²) >= 11 is 0. The minimum absolute atomic E-state index is 0.200. The van der Waals surface area contributed by atoms with E-state index in [1.807, 2.05) is 0 Å². The standard InChI is InChI=1S/C14H17N3O4/c1-17-11(18)7-6-10(13(17)19)16-9-5-3-4-8(12(9)15)14(20)21-2/h3-5,10,16H,6-7,15H2,1-2H3. The summed E-state index contributed by atoms with van der Waals surface area (Å²) in [5.41, 5.74) is 6.85. The van der Waals surface area contributed by atoms with Crippen molar-refractivity contribution >= 4 is 29.2 Å². The van der Waals surface area contributed by atoms with Crippen LogP contribution in [0.25, 0.3) is 0 Å². The lowest BCUT2D eigenvalue weighted by molar-refractivity contribution is -0.146. The molecular formula is C14H17N3O4. The van der Waals surface area contributed by atoms with Gasteiger partial charge in [-0.1, -0.05) is 6.07 Å². The lowest BCUT2D eigenvalue weighted by Gasteiger charge is -2.29. The first kappa shape index (κ1) is 14.8. The third-order valence-corrected chi connectivity index (χ3v) is 3.49. The molecule has 21 heavy (non-hydrogen) atoms. The van der Waals surface area contributed by atoms with Gasteiger partial charge in [0.05, 0.1) is 24.0 Å². The molecule has 1 atom stereocenters. The van der Waals surface area contributed by atoms with Crippen molar-refractivity contribution in [2.24, 2.45) is 0 Å². The number of piperidine rings is 1. The predicted octanol–water partition coefficient (Wildman–Crippen LogP) is 0.615. The van der Waals surface area contributed by atoms with Gasteiger partial charge < -0.3 is 15.8 Å². The van der Waals surface area contributed by atoms with Gasteiger partial charge >= 0.3 is 5.97 Å². The van der Waals surface area contributed by atoms with Crippen molar-refractivity contribution < 1.29 is 19.1 Å². The van der Waals surface area contributed by atoms with Crippen LogP contribution >= 0.6 is 0 Å². The number of imide groups is 1. The van der Waals surface area contributed by atoms with E-state index in [1.165, 1.54) is 14.2 Å². The van der Waals surface area contributed by atoms with E-state index in [0.29, 0.717) is 12.1 Å².